The van der Waals surface area contributed by atoms with Crippen LogP contribution in [0.1, 0.15) is 17.3 Å². The molecule has 0 spiro atoms. The van der Waals surface area contributed by atoms with E-state index in [0.29, 0.717) is 54.1 Å². The van der Waals surface area contributed by atoms with E-state index in [4.69, 9.17) is 68.3 Å². The summed E-state index contributed by atoms with van der Waals surface area (Å²) >= 11 is 20.5. The Morgan fingerprint density at radius 1 is 0.603 bits per heavy atom. The zero-order chi connectivity index (χ0) is 42.3. The van der Waals surface area contributed by atoms with Gasteiger partial charge >= 0.3 is 18.4 Å². The first-order valence-corrected chi connectivity index (χ1v) is 18.8. The van der Waals surface area contributed by atoms with Gasteiger partial charge in [0.2, 0.25) is 0 Å². The van der Waals surface area contributed by atoms with Gasteiger partial charge in [0.1, 0.15) is 34.2 Å². The van der Waals surface area contributed by atoms with Gasteiger partial charge in [-0.15, -0.1) is 0 Å². The van der Waals surface area contributed by atoms with Crippen LogP contribution in [0.2, 0.25) is 15.1 Å². The maximum atomic E-state index is 11.9. The molecule has 0 amide bonds. The van der Waals surface area contributed by atoms with E-state index in [1.54, 1.807) is 74.9 Å². The maximum absolute atomic E-state index is 11.9. The minimum Gasteiger partial charge on any atom is -0.508 e. The summed E-state index contributed by atoms with van der Waals surface area (Å²) in [4.78, 5) is 34.7. The first-order valence-electron chi connectivity index (χ1n) is 16.8. The Hall–Kier alpha value is -5.54. The molecule has 0 atom stereocenters. The van der Waals surface area contributed by atoms with Crippen LogP contribution in [0.15, 0.2) is 132 Å². The third-order valence-electron chi connectivity index (χ3n) is 8.37. The summed E-state index contributed by atoms with van der Waals surface area (Å²) in [5, 5.41) is 41.2. The molecule has 58 heavy (non-hydrogen) atoms. The molecule has 0 saturated heterocycles. The number of hydrogen-bond acceptors (Lipinski definition) is 11. The van der Waals surface area contributed by atoms with Crippen molar-refractivity contribution in [2.45, 2.75) is 6.92 Å². The fourth-order valence-corrected chi connectivity index (χ4v) is 6.56. The molecule has 2 heterocycles. The number of Topliss-reactive ketones (excluding diaryl/α,β-unsaturated/α-hetero) is 1. The molecule has 4 N–H and O–H groups in total. The molecule has 0 bridgehead atoms. The van der Waals surface area contributed by atoms with E-state index < -0.39 is 18.4 Å². The minimum absolute atomic E-state index is 0.0285. The predicted octanol–water partition coefficient (Wildman–Crippen LogP) is 9.30. The highest BCUT2D eigenvalue weighted by Gasteiger charge is 2.15. The molecule has 6 aromatic carbocycles. The second kappa shape index (κ2) is 19.3. The number of carbonyl (C=O) groups is 1. The fraction of sp³-hybridized carbons (Fsp3) is 0.0714. The Balaban J connectivity index is 0.000000151. The lowest BCUT2D eigenvalue weighted by atomic mass is 9.80. The number of benzene rings is 6. The van der Waals surface area contributed by atoms with Gasteiger partial charge in [0.15, 0.2) is 5.78 Å². The highest BCUT2D eigenvalue weighted by Crippen LogP contribution is 2.29. The number of rotatable bonds is 4. The van der Waals surface area contributed by atoms with Crippen LogP contribution in [-0.4, -0.2) is 47.4 Å². The standard InChI is InChI=1S/C14H9ClO3.C13H7ClO3.C9H9BrO2.C6H6BClO3/c1-17-9-3-5-10-11-4-2-8(15)6-13(11)18-14(16)12(10)7-9;14-7-1-3-10-9-4-2-8(15)6-11(9)13(16)17-12(10)5-7;1-6(11)8-5-7(12-2)3-4-9(8)10;8-4-1-2-5(7(10)11)6(9)3-4/h2-7H,1H3;1-6,15H;3-5H,1-2H3;1-3,9-11H. The van der Waals surface area contributed by atoms with Gasteiger partial charge in [-0.3, -0.25) is 4.79 Å². The molecule has 0 radical (unpaired) electrons. The quantitative estimate of drug-likeness (QED) is 0.0573. The number of methoxy groups -OCH3 is 2. The molecule has 8 aromatic rings. The molecule has 296 valence electrons. The van der Waals surface area contributed by atoms with Crippen LogP contribution in [0.5, 0.6) is 23.0 Å². The van der Waals surface area contributed by atoms with Gasteiger partial charge in [0.05, 0.1) is 25.0 Å². The van der Waals surface area contributed by atoms with E-state index >= 15 is 0 Å². The van der Waals surface area contributed by atoms with E-state index in [-0.39, 0.29) is 22.7 Å². The third kappa shape index (κ3) is 10.5. The lowest BCUT2D eigenvalue weighted by Gasteiger charge is -2.04. The number of phenols is 2. The van der Waals surface area contributed by atoms with Crippen LogP contribution in [0.25, 0.3) is 43.5 Å². The van der Waals surface area contributed by atoms with Crippen molar-refractivity contribution in [2.75, 3.05) is 14.2 Å². The van der Waals surface area contributed by atoms with Crippen molar-refractivity contribution in [3.63, 3.8) is 0 Å². The first-order chi connectivity index (χ1) is 27.6. The summed E-state index contributed by atoms with van der Waals surface area (Å²) in [5.41, 5.74) is 0.763. The number of phenolic OH excluding ortho intramolecular Hbond substituents is 2. The van der Waals surface area contributed by atoms with Crippen LogP contribution < -0.4 is 26.2 Å². The van der Waals surface area contributed by atoms with Crippen LogP contribution in [0.4, 0.5) is 0 Å². The molecule has 0 aliphatic carbocycles. The summed E-state index contributed by atoms with van der Waals surface area (Å²) in [6.45, 7) is 1.53. The molecule has 0 unspecified atom stereocenters. The summed E-state index contributed by atoms with van der Waals surface area (Å²) in [7, 11) is 1.48. The smallest absolute Gasteiger partial charge is 0.492 e. The number of aromatic hydroxyl groups is 2. The fourth-order valence-electron chi connectivity index (χ4n) is 5.54. The van der Waals surface area contributed by atoms with Crippen LogP contribution in [-0.2, 0) is 0 Å². The van der Waals surface area contributed by atoms with Crippen molar-refractivity contribution in [3.05, 3.63) is 155 Å². The maximum Gasteiger partial charge on any atom is 0.492 e. The zero-order valence-corrected chi connectivity index (χ0v) is 34.5. The van der Waals surface area contributed by atoms with Crippen LogP contribution in [0.3, 0.4) is 0 Å². The second-order valence-corrected chi connectivity index (χ2v) is 14.3. The molecular formula is C42H31BBrCl3O11. The van der Waals surface area contributed by atoms with Gasteiger partial charge in [-0.05, 0) is 97.9 Å². The van der Waals surface area contributed by atoms with Gasteiger partial charge < -0.3 is 38.6 Å². The van der Waals surface area contributed by atoms with Gasteiger partial charge in [0.25, 0.3) is 0 Å². The lowest BCUT2D eigenvalue weighted by Crippen LogP contribution is -2.29. The first kappa shape index (κ1) is 43.6. The van der Waals surface area contributed by atoms with E-state index in [2.05, 4.69) is 15.9 Å². The minimum atomic E-state index is -1.66. The summed E-state index contributed by atoms with van der Waals surface area (Å²) in [6.07, 6.45) is 0. The lowest BCUT2D eigenvalue weighted by molar-refractivity contribution is 0.101. The molecule has 0 fully saturated rings. The highest BCUT2D eigenvalue weighted by atomic mass is 79.9. The zero-order valence-electron chi connectivity index (χ0n) is 30.6. The Bertz CT molecular complexity index is 2920. The second-order valence-electron chi connectivity index (χ2n) is 12.2. The normalized spacial score (nSPS) is 10.5. The molecule has 2 aromatic heterocycles. The van der Waals surface area contributed by atoms with Crippen LogP contribution >= 0.6 is 50.7 Å². The third-order valence-corrected chi connectivity index (χ3v) is 9.76. The summed E-state index contributed by atoms with van der Waals surface area (Å²) in [5.74, 6) is 1.18. The van der Waals surface area contributed by atoms with Crippen molar-refractivity contribution in [1.82, 2.24) is 0 Å². The largest absolute Gasteiger partial charge is 0.508 e. The van der Waals surface area contributed by atoms with Crippen molar-refractivity contribution in [3.8, 4) is 23.0 Å². The van der Waals surface area contributed by atoms with Crippen molar-refractivity contribution < 1.29 is 43.4 Å². The highest BCUT2D eigenvalue weighted by molar-refractivity contribution is 9.10. The SMILES string of the molecule is COc1ccc(Br)c(C(C)=O)c1.COc1ccc2c(c1)c(=O)oc1cc(Cl)ccc12.O=c1oc2cc(Cl)ccc2c2ccc(O)cc12.OB(O)c1ccc(Cl)cc1O. The predicted molar refractivity (Wildman–Crippen MR) is 232 cm³/mol. The van der Waals surface area contributed by atoms with E-state index in [0.717, 1.165) is 26.0 Å². The topological polar surface area (TPSA) is 177 Å². The Labute approximate surface area is 353 Å². The van der Waals surface area contributed by atoms with Crippen molar-refractivity contribution >= 4 is 113 Å². The number of halogens is 4. The number of ether oxygens (including phenoxy) is 2. The van der Waals surface area contributed by atoms with Crippen LogP contribution in [0, 0.1) is 0 Å². The summed E-state index contributed by atoms with van der Waals surface area (Å²) in [6, 6.07) is 29.7. The number of fused-ring (bicyclic) bond motifs is 6. The van der Waals surface area contributed by atoms with Crippen molar-refractivity contribution in [2.24, 2.45) is 0 Å². The molecular weight excluding hydrogens is 878 g/mol. The molecule has 0 saturated carbocycles. The van der Waals surface area contributed by atoms with Gasteiger partial charge in [-0.25, -0.2) is 9.59 Å². The van der Waals surface area contributed by atoms with Gasteiger partial charge in [-0.2, -0.15) is 0 Å². The molecule has 0 aliphatic rings. The Morgan fingerprint density at radius 2 is 1.07 bits per heavy atom. The Kier molecular flexibility index (Phi) is 14.5. The van der Waals surface area contributed by atoms with Crippen molar-refractivity contribution in [1.29, 1.82) is 0 Å². The molecule has 8 rings (SSSR count). The van der Waals surface area contributed by atoms with Gasteiger partial charge in [-0.1, -0.05) is 56.8 Å². The Morgan fingerprint density at radius 3 is 1.59 bits per heavy atom. The summed E-state index contributed by atoms with van der Waals surface area (Å²) < 4.78 is 21.3. The number of hydrogen-bond donors (Lipinski definition) is 4. The molecule has 11 nitrogen and oxygen atoms in total. The van der Waals surface area contributed by atoms with Gasteiger partial charge in [0, 0.05) is 64.2 Å². The van der Waals surface area contributed by atoms with E-state index in [9.17, 15) is 19.5 Å². The monoisotopic (exact) mass is 906 g/mol. The number of carbonyl (C=O) groups excluding carboxylic acids is 1. The molecule has 0 aliphatic heterocycles. The molecule has 16 heteroatoms. The average molecular weight is 909 g/mol. The average Bonchev–Trinajstić information content (AvgIpc) is 3.18. The van der Waals surface area contributed by atoms with E-state index in [1.807, 2.05) is 18.2 Å². The van der Waals surface area contributed by atoms with E-state index in [1.165, 1.54) is 37.3 Å². The number of ketones is 1.